The maximum atomic E-state index is 13.2. The number of benzene rings is 1. The highest BCUT2D eigenvalue weighted by molar-refractivity contribution is 6.28. The van der Waals surface area contributed by atoms with Gasteiger partial charge >= 0.3 is 11.7 Å². The Hall–Kier alpha value is -2.71. The van der Waals surface area contributed by atoms with Crippen LogP contribution in [0.25, 0.3) is 16.9 Å². The number of hydrogen-bond acceptors (Lipinski definition) is 6. The SMILES string of the molecule is COC(=O)c1ccc(-n2c(=O)n([C@H]3CCNC3)c3nc(Cl)ncc32)cc1. The number of carbonyl (C=O) groups is 1. The van der Waals surface area contributed by atoms with Crippen LogP contribution in [0.15, 0.2) is 35.3 Å². The summed E-state index contributed by atoms with van der Waals surface area (Å²) in [6.07, 6.45) is 2.38. The molecule has 1 atom stereocenters. The number of halogens is 1. The predicted molar refractivity (Wildman–Crippen MR) is 96.0 cm³/mol. The zero-order valence-corrected chi connectivity index (χ0v) is 14.7. The molecule has 3 heterocycles. The molecule has 134 valence electrons. The summed E-state index contributed by atoms with van der Waals surface area (Å²) in [5, 5.41) is 3.35. The first-order valence-electron chi connectivity index (χ1n) is 8.15. The maximum Gasteiger partial charge on any atom is 0.337 e. The summed E-state index contributed by atoms with van der Waals surface area (Å²) >= 11 is 5.96. The van der Waals surface area contributed by atoms with Gasteiger partial charge in [-0.15, -0.1) is 0 Å². The van der Waals surface area contributed by atoms with Gasteiger partial charge in [-0.1, -0.05) is 0 Å². The molecule has 0 unspecified atom stereocenters. The van der Waals surface area contributed by atoms with Crippen LogP contribution in [0.2, 0.25) is 5.28 Å². The van der Waals surface area contributed by atoms with Crippen molar-refractivity contribution in [3.05, 3.63) is 51.8 Å². The average Bonchev–Trinajstić information content (AvgIpc) is 3.26. The molecule has 1 aromatic carbocycles. The Morgan fingerprint density at radius 2 is 2.12 bits per heavy atom. The van der Waals surface area contributed by atoms with Crippen molar-refractivity contribution in [3.8, 4) is 5.69 Å². The second-order valence-corrected chi connectivity index (χ2v) is 6.36. The molecule has 26 heavy (non-hydrogen) atoms. The molecule has 0 radical (unpaired) electrons. The fraction of sp³-hybridized carbons (Fsp3) is 0.294. The van der Waals surface area contributed by atoms with Gasteiger partial charge in [-0.05, 0) is 48.8 Å². The molecule has 1 N–H and O–H groups in total. The fourth-order valence-corrected chi connectivity index (χ4v) is 3.41. The van der Waals surface area contributed by atoms with E-state index in [1.807, 2.05) is 0 Å². The molecule has 4 rings (SSSR count). The van der Waals surface area contributed by atoms with Crippen LogP contribution in [0.1, 0.15) is 22.8 Å². The first-order chi connectivity index (χ1) is 12.6. The Morgan fingerprint density at radius 3 is 2.77 bits per heavy atom. The van der Waals surface area contributed by atoms with Crippen LogP contribution in [0.4, 0.5) is 0 Å². The van der Waals surface area contributed by atoms with Crippen molar-refractivity contribution >= 4 is 28.7 Å². The van der Waals surface area contributed by atoms with Crippen molar-refractivity contribution in [2.24, 2.45) is 0 Å². The van der Waals surface area contributed by atoms with E-state index in [0.717, 1.165) is 13.0 Å². The lowest BCUT2D eigenvalue weighted by Crippen LogP contribution is -2.28. The summed E-state index contributed by atoms with van der Waals surface area (Å²) in [6, 6.07) is 6.62. The number of nitrogens with one attached hydrogen (secondary N) is 1. The van der Waals surface area contributed by atoms with Gasteiger partial charge in [0.2, 0.25) is 5.28 Å². The van der Waals surface area contributed by atoms with Gasteiger partial charge in [-0.3, -0.25) is 9.13 Å². The topological polar surface area (TPSA) is 91.0 Å². The van der Waals surface area contributed by atoms with E-state index in [0.29, 0.717) is 29.0 Å². The van der Waals surface area contributed by atoms with Crippen LogP contribution in [0.3, 0.4) is 0 Å². The Bertz CT molecular complexity index is 1030. The highest BCUT2D eigenvalue weighted by Crippen LogP contribution is 2.23. The van der Waals surface area contributed by atoms with Crippen LogP contribution >= 0.6 is 11.6 Å². The van der Waals surface area contributed by atoms with Crippen molar-refractivity contribution in [2.45, 2.75) is 12.5 Å². The Labute approximate surface area is 153 Å². The highest BCUT2D eigenvalue weighted by Gasteiger charge is 2.25. The number of ether oxygens (including phenoxy) is 1. The first kappa shape index (κ1) is 16.7. The molecule has 1 aliphatic heterocycles. The van der Waals surface area contributed by atoms with Crippen LogP contribution < -0.4 is 11.0 Å². The van der Waals surface area contributed by atoms with Crippen LogP contribution in [-0.2, 0) is 4.74 Å². The predicted octanol–water partition coefficient (Wildman–Crippen LogP) is 1.56. The number of nitrogens with zero attached hydrogens (tertiary/aromatic N) is 4. The van der Waals surface area contributed by atoms with Gasteiger partial charge in [0.25, 0.3) is 0 Å². The van der Waals surface area contributed by atoms with E-state index in [1.165, 1.54) is 11.7 Å². The lowest BCUT2D eigenvalue weighted by atomic mass is 10.2. The maximum absolute atomic E-state index is 13.2. The van der Waals surface area contributed by atoms with E-state index in [2.05, 4.69) is 15.3 Å². The molecule has 2 aromatic heterocycles. The molecule has 3 aromatic rings. The van der Waals surface area contributed by atoms with E-state index >= 15 is 0 Å². The summed E-state index contributed by atoms with van der Waals surface area (Å²) < 4.78 is 7.90. The lowest BCUT2D eigenvalue weighted by Gasteiger charge is -2.09. The first-order valence-corrected chi connectivity index (χ1v) is 8.53. The minimum Gasteiger partial charge on any atom is -0.465 e. The van der Waals surface area contributed by atoms with Crippen molar-refractivity contribution in [1.82, 2.24) is 24.4 Å². The Morgan fingerprint density at radius 1 is 1.35 bits per heavy atom. The van der Waals surface area contributed by atoms with Crippen molar-refractivity contribution in [2.75, 3.05) is 20.2 Å². The minimum absolute atomic E-state index is 0.00607. The van der Waals surface area contributed by atoms with Gasteiger partial charge in [-0.25, -0.2) is 14.6 Å². The summed E-state index contributed by atoms with van der Waals surface area (Å²) in [4.78, 5) is 33.1. The zero-order valence-electron chi connectivity index (χ0n) is 14.0. The molecule has 0 aliphatic carbocycles. The monoisotopic (exact) mass is 373 g/mol. The summed E-state index contributed by atoms with van der Waals surface area (Å²) in [5.41, 5.74) is 1.88. The van der Waals surface area contributed by atoms with E-state index in [1.54, 1.807) is 35.0 Å². The molecule has 0 saturated carbocycles. The third-order valence-corrected chi connectivity index (χ3v) is 4.72. The molecule has 8 nitrogen and oxygen atoms in total. The number of carbonyl (C=O) groups excluding carboxylic acids is 1. The van der Waals surface area contributed by atoms with Crippen LogP contribution in [-0.4, -0.2) is 45.3 Å². The Kier molecular flexibility index (Phi) is 4.21. The Balaban J connectivity index is 1.91. The third kappa shape index (κ3) is 2.67. The van der Waals surface area contributed by atoms with Gasteiger partial charge < -0.3 is 10.1 Å². The number of imidazole rings is 1. The molecule has 1 aliphatic rings. The number of methoxy groups -OCH3 is 1. The average molecular weight is 374 g/mol. The van der Waals surface area contributed by atoms with Gasteiger partial charge in [0.05, 0.1) is 30.6 Å². The lowest BCUT2D eigenvalue weighted by molar-refractivity contribution is 0.0601. The van der Waals surface area contributed by atoms with E-state index in [9.17, 15) is 9.59 Å². The number of rotatable bonds is 3. The molecular weight excluding hydrogens is 358 g/mol. The molecule has 0 spiro atoms. The minimum atomic E-state index is -0.432. The van der Waals surface area contributed by atoms with Gasteiger partial charge in [0.1, 0.15) is 5.52 Å². The van der Waals surface area contributed by atoms with Gasteiger partial charge in [-0.2, -0.15) is 4.98 Å². The molecule has 0 amide bonds. The molecule has 0 bridgehead atoms. The summed E-state index contributed by atoms with van der Waals surface area (Å²) in [6.45, 7) is 1.54. The van der Waals surface area contributed by atoms with E-state index in [4.69, 9.17) is 16.3 Å². The second-order valence-electron chi connectivity index (χ2n) is 6.02. The highest BCUT2D eigenvalue weighted by atomic mass is 35.5. The van der Waals surface area contributed by atoms with Crippen molar-refractivity contribution in [3.63, 3.8) is 0 Å². The van der Waals surface area contributed by atoms with Crippen molar-refractivity contribution in [1.29, 1.82) is 0 Å². The molecule has 1 fully saturated rings. The standard InChI is InChI=1S/C17H16ClN5O3/c1-26-15(24)10-2-4-11(5-3-10)22-13-9-20-16(18)21-14(13)23(17(22)25)12-6-7-19-8-12/h2-5,9,12,19H,6-8H2,1H3/t12-/m0/s1. The second kappa shape index (κ2) is 6.54. The van der Waals surface area contributed by atoms with Gasteiger partial charge in [0.15, 0.2) is 5.65 Å². The normalized spacial score (nSPS) is 16.9. The molecule has 9 heteroatoms. The number of fused-ring (bicyclic) bond motifs is 1. The summed E-state index contributed by atoms with van der Waals surface area (Å²) in [7, 11) is 1.32. The van der Waals surface area contributed by atoms with E-state index < -0.39 is 5.97 Å². The zero-order chi connectivity index (χ0) is 18.3. The quantitative estimate of drug-likeness (QED) is 0.553. The largest absolute Gasteiger partial charge is 0.465 e. The number of aromatic nitrogens is 4. The van der Waals surface area contributed by atoms with Crippen LogP contribution in [0, 0.1) is 0 Å². The number of hydrogen-bond donors (Lipinski definition) is 1. The fourth-order valence-electron chi connectivity index (χ4n) is 3.28. The summed E-state index contributed by atoms with van der Waals surface area (Å²) in [5.74, 6) is -0.432. The molecular formula is C17H16ClN5O3. The third-order valence-electron chi connectivity index (χ3n) is 4.53. The van der Waals surface area contributed by atoms with Crippen LogP contribution in [0.5, 0.6) is 0 Å². The van der Waals surface area contributed by atoms with Crippen molar-refractivity contribution < 1.29 is 9.53 Å². The smallest absolute Gasteiger partial charge is 0.337 e. The van der Waals surface area contributed by atoms with Gasteiger partial charge in [0, 0.05) is 6.54 Å². The molecule has 1 saturated heterocycles. The number of esters is 1. The van der Waals surface area contributed by atoms with E-state index in [-0.39, 0.29) is 17.0 Å².